The summed E-state index contributed by atoms with van der Waals surface area (Å²) in [5.74, 6) is -1.97. The molecule has 0 aliphatic carbocycles. The molecule has 1 atom stereocenters. The van der Waals surface area contributed by atoms with Crippen LogP contribution in [0, 0.1) is 28.4 Å². The zero-order valence-corrected chi connectivity index (χ0v) is 22.0. The van der Waals surface area contributed by atoms with Crippen LogP contribution in [0.15, 0.2) is 30.0 Å². The number of H-pyrrole nitrogens is 1. The zero-order chi connectivity index (χ0) is 26.8. The first kappa shape index (κ1) is 24.6. The summed E-state index contributed by atoms with van der Waals surface area (Å²) in [6.07, 6.45) is 4.78. The fourth-order valence-corrected chi connectivity index (χ4v) is 7.05. The van der Waals surface area contributed by atoms with Gasteiger partial charge in [-0.05, 0) is 24.1 Å². The third-order valence-corrected chi connectivity index (χ3v) is 8.96. The number of nitriles is 1. The summed E-state index contributed by atoms with van der Waals surface area (Å²) >= 11 is 1.43. The van der Waals surface area contributed by atoms with E-state index in [0.717, 1.165) is 40.9 Å². The zero-order valence-electron chi connectivity index (χ0n) is 21.2. The van der Waals surface area contributed by atoms with Gasteiger partial charge in [-0.1, -0.05) is 0 Å². The van der Waals surface area contributed by atoms with Crippen LogP contribution < -0.4 is 4.74 Å². The molecule has 0 saturated carbocycles. The van der Waals surface area contributed by atoms with Crippen molar-refractivity contribution in [3.05, 3.63) is 52.8 Å². The highest BCUT2D eigenvalue weighted by molar-refractivity contribution is 7.13. The molecule has 2 fully saturated rings. The number of methoxy groups -OCH3 is 1. The van der Waals surface area contributed by atoms with Crippen LogP contribution in [0.5, 0.6) is 5.75 Å². The van der Waals surface area contributed by atoms with Crippen molar-refractivity contribution in [3.63, 3.8) is 0 Å². The van der Waals surface area contributed by atoms with E-state index in [0.29, 0.717) is 55.3 Å². The summed E-state index contributed by atoms with van der Waals surface area (Å²) in [5, 5.41) is 10.2. The van der Waals surface area contributed by atoms with Crippen molar-refractivity contribution >= 4 is 22.4 Å². The molecule has 8 nitrogen and oxygen atoms in total. The number of benzene rings is 1. The molecule has 3 aromatic heterocycles. The second-order valence-electron chi connectivity index (χ2n) is 10.7. The Morgan fingerprint density at radius 3 is 2.74 bits per heavy atom. The van der Waals surface area contributed by atoms with Crippen molar-refractivity contribution < 1.29 is 23.0 Å². The van der Waals surface area contributed by atoms with Gasteiger partial charge in [-0.15, -0.1) is 11.3 Å². The molecule has 0 radical (unpaired) electrons. The minimum atomic E-state index is -0.777. The van der Waals surface area contributed by atoms with Gasteiger partial charge >= 0.3 is 0 Å². The second kappa shape index (κ2) is 9.06. The average Bonchev–Trinajstić information content (AvgIpc) is 3.69. The van der Waals surface area contributed by atoms with Crippen molar-refractivity contribution in [1.82, 2.24) is 19.9 Å². The predicted molar refractivity (Wildman–Crippen MR) is 140 cm³/mol. The number of thiazole rings is 1. The van der Waals surface area contributed by atoms with E-state index in [1.165, 1.54) is 30.6 Å². The van der Waals surface area contributed by atoms with Gasteiger partial charge in [0, 0.05) is 65.9 Å². The number of pyridine rings is 1. The maximum absolute atomic E-state index is 15.0. The fraction of sp³-hybridized carbons (Fsp3) is 0.393. The Balaban J connectivity index is 1.39. The molecule has 1 aromatic carbocycles. The van der Waals surface area contributed by atoms with Gasteiger partial charge in [-0.25, -0.2) is 13.8 Å². The number of ether oxygens (including phenoxy) is 3. The Morgan fingerprint density at radius 1 is 1.26 bits per heavy atom. The van der Waals surface area contributed by atoms with Gasteiger partial charge in [0.15, 0.2) is 17.4 Å². The van der Waals surface area contributed by atoms with Crippen LogP contribution >= 0.6 is 11.3 Å². The Labute approximate surface area is 227 Å². The first-order valence-corrected chi connectivity index (χ1v) is 13.6. The van der Waals surface area contributed by atoms with E-state index in [9.17, 15) is 14.0 Å². The minimum absolute atomic E-state index is 0.147. The van der Waals surface area contributed by atoms with Crippen LogP contribution in [0.25, 0.3) is 32.7 Å². The van der Waals surface area contributed by atoms with E-state index in [2.05, 4.69) is 20.9 Å². The molecular formula is C28H25F2N5O3S. The molecule has 0 bridgehead atoms. The molecule has 11 heteroatoms. The number of halogens is 2. The number of aromatic nitrogens is 3. The normalized spacial score (nSPS) is 21.8. The van der Waals surface area contributed by atoms with Crippen molar-refractivity contribution in [1.29, 1.82) is 5.26 Å². The largest absolute Gasteiger partial charge is 0.491 e. The predicted octanol–water partition coefficient (Wildman–Crippen LogP) is 5.00. The van der Waals surface area contributed by atoms with Crippen LogP contribution in [0.4, 0.5) is 8.78 Å². The van der Waals surface area contributed by atoms with Crippen LogP contribution in [0.1, 0.15) is 24.0 Å². The number of rotatable bonds is 6. The molecule has 200 valence electrons. The van der Waals surface area contributed by atoms with Gasteiger partial charge in [-0.2, -0.15) is 5.26 Å². The third kappa shape index (κ3) is 3.77. The van der Waals surface area contributed by atoms with Gasteiger partial charge in [0.25, 0.3) is 0 Å². The highest BCUT2D eigenvalue weighted by Crippen LogP contribution is 2.51. The quantitative estimate of drug-likeness (QED) is 0.362. The van der Waals surface area contributed by atoms with Crippen LogP contribution in [0.2, 0.25) is 0 Å². The van der Waals surface area contributed by atoms with E-state index in [-0.39, 0.29) is 5.41 Å². The molecule has 39 heavy (non-hydrogen) atoms. The lowest BCUT2D eigenvalue weighted by Gasteiger charge is -2.42. The average molecular weight is 550 g/mol. The molecule has 3 aliphatic rings. The van der Waals surface area contributed by atoms with Crippen molar-refractivity contribution in [2.45, 2.75) is 25.0 Å². The maximum Gasteiger partial charge on any atom is 0.190 e. The lowest BCUT2D eigenvalue weighted by atomic mass is 9.82. The third-order valence-electron chi connectivity index (χ3n) is 8.17. The fourth-order valence-electron chi connectivity index (χ4n) is 6.42. The van der Waals surface area contributed by atoms with E-state index in [1.54, 1.807) is 11.7 Å². The molecule has 0 amide bonds. The SMILES string of the molecule is COc1c(F)cc(-c2c(-c3cncs3)[nH]c3ncc4c(c23)[C@@]2(CCN(CC3(CC#N)COC3)C2)OC4)cc1F. The molecule has 6 heterocycles. The van der Waals surface area contributed by atoms with Crippen LogP contribution in [0.3, 0.4) is 0 Å². The molecule has 7 rings (SSSR count). The maximum atomic E-state index is 15.0. The lowest BCUT2D eigenvalue weighted by molar-refractivity contribution is -0.124. The summed E-state index contributed by atoms with van der Waals surface area (Å²) in [7, 11) is 1.25. The number of nitrogens with zero attached hydrogens (tertiary/aromatic N) is 4. The summed E-state index contributed by atoms with van der Waals surface area (Å²) < 4.78 is 46.9. The molecule has 2 saturated heterocycles. The van der Waals surface area contributed by atoms with Crippen molar-refractivity contribution in [3.8, 4) is 33.5 Å². The molecule has 3 aliphatic heterocycles. The van der Waals surface area contributed by atoms with E-state index in [1.807, 2.05) is 6.20 Å². The number of nitrogens with one attached hydrogen (secondary N) is 1. The topological polar surface area (TPSA) is 96.3 Å². The molecule has 0 unspecified atom stereocenters. The monoisotopic (exact) mass is 549 g/mol. The molecule has 1 N–H and O–H groups in total. The smallest absolute Gasteiger partial charge is 0.190 e. The van der Waals surface area contributed by atoms with E-state index < -0.39 is 23.0 Å². The number of hydrogen-bond acceptors (Lipinski definition) is 8. The Bertz CT molecular complexity index is 1610. The number of aromatic amines is 1. The first-order valence-electron chi connectivity index (χ1n) is 12.7. The Morgan fingerprint density at radius 2 is 2.08 bits per heavy atom. The van der Waals surface area contributed by atoms with Gasteiger partial charge < -0.3 is 19.2 Å². The summed E-state index contributed by atoms with van der Waals surface area (Å²) in [5.41, 5.74) is 5.32. The molecular weight excluding hydrogens is 524 g/mol. The highest BCUT2D eigenvalue weighted by atomic mass is 32.1. The van der Waals surface area contributed by atoms with Gasteiger partial charge in [-0.3, -0.25) is 9.88 Å². The van der Waals surface area contributed by atoms with Gasteiger partial charge in [0.1, 0.15) is 11.2 Å². The highest BCUT2D eigenvalue weighted by Gasteiger charge is 2.50. The summed E-state index contributed by atoms with van der Waals surface area (Å²) in [4.78, 5) is 15.5. The van der Waals surface area contributed by atoms with E-state index >= 15 is 0 Å². The van der Waals surface area contributed by atoms with Crippen molar-refractivity contribution in [2.75, 3.05) is 40.0 Å². The van der Waals surface area contributed by atoms with Crippen LogP contribution in [-0.2, 0) is 21.7 Å². The minimum Gasteiger partial charge on any atom is -0.491 e. The Kier molecular flexibility index (Phi) is 5.72. The number of likely N-dealkylation sites (tertiary alicyclic amines) is 1. The van der Waals surface area contributed by atoms with E-state index in [4.69, 9.17) is 19.2 Å². The summed E-state index contributed by atoms with van der Waals surface area (Å²) in [6, 6.07) is 4.93. The van der Waals surface area contributed by atoms with Crippen LogP contribution in [-0.4, -0.2) is 59.8 Å². The second-order valence-corrected chi connectivity index (χ2v) is 11.6. The number of fused-ring (bicyclic) bond motifs is 4. The lowest BCUT2D eigenvalue weighted by Crippen LogP contribution is -2.50. The van der Waals surface area contributed by atoms with Gasteiger partial charge in [0.05, 0.1) is 49.1 Å². The molecule has 1 spiro atoms. The standard InChI is InChI=1S/C28H25F2N5O3S/c1-36-25-18(29)6-16(7-19(25)30)21-22-23-17(8-33-26(22)34-24(21)20-9-32-15-39-20)10-38-28(23)3-5-35(12-28)11-27(2-4-31)13-37-14-27/h6-9,15H,2-3,5,10-14H2,1H3,(H,33,34)/t28-/m0/s1. The number of hydrogen-bond donors (Lipinski definition) is 1. The molecule has 4 aromatic rings. The van der Waals surface area contributed by atoms with Crippen molar-refractivity contribution in [2.24, 2.45) is 5.41 Å². The summed E-state index contributed by atoms with van der Waals surface area (Å²) in [6.45, 7) is 3.80. The van der Waals surface area contributed by atoms with Gasteiger partial charge in [0.2, 0.25) is 0 Å². The first-order chi connectivity index (χ1) is 19.0. The Hall–Kier alpha value is -3.43.